The normalized spacial score (nSPS) is 14.1. The largest absolute Gasteiger partial charge is 0.482 e. The zero-order valence-electron chi connectivity index (χ0n) is 16.5. The van der Waals surface area contributed by atoms with Crippen molar-refractivity contribution in [2.45, 2.75) is 32.1 Å². The van der Waals surface area contributed by atoms with Crippen LogP contribution in [0.2, 0.25) is 0 Å². The van der Waals surface area contributed by atoms with Crippen molar-refractivity contribution >= 4 is 17.7 Å². The minimum atomic E-state index is -1.01. The zero-order valence-corrected chi connectivity index (χ0v) is 16.5. The Morgan fingerprint density at radius 1 is 1.03 bits per heavy atom. The number of amides is 1. The first-order valence-corrected chi connectivity index (χ1v) is 10.0. The average molecular weight is 397 g/mol. The van der Waals surface area contributed by atoms with Crippen LogP contribution >= 0.6 is 0 Å². The number of carbonyl (C=O) groups excluding carboxylic acids is 1. The molecule has 2 aromatic rings. The van der Waals surface area contributed by atoms with Gasteiger partial charge in [-0.05, 0) is 49.1 Å². The smallest absolute Gasteiger partial charge is 0.341 e. The first-order chi connectivity index (χ1) is 14.1. The molecule has 2 N–H and O–H groups in total. The summed E-state index contributed by atoms with van der Waals surface area (Å²) in [5.74, 6) is 0.302. The van der Waals surface area contributed by atoms with Crippen molar-refractivity contribution in [2.75, 3.05) is 31.1 Å². The van der Waals surface area contributed by atoms with Crippen molar-refractivity contribution < 1.29 is 19.4 Å². The fourth-order valence-electron chi connectivity index (χ4n) is 3.33. The number of benzene rings is 1. The predicted molar refractivity (Wildman–Crippen MR) is 111 cm³/mol. The molecule has 1 aliphatic heterocycles. The van der Waals surface area contributed by atoms with Crippen LogP contribution in [-0.4, -0.2) is 48.2 Å². The van der Waals surface area contributed by atoms with E-state index in [9.17, 15) is 9.59 Å². The molecule has 7 nitrogen and oxygen atoms in total. The highest BCUT2D eigenvalue weighted by molar-refractivity contribution is 5.94. The van der Waals surface area contributed by atoms with Gasteiger partial charge in [0.1, 0.15) is 11.6 Å². The van der Waals surface area contributed by atoms with E-state index in [1.54, 1.807) is 18.3 Å². The lowest BCUT2D eigenvalue weighted by molar-refractivity contribution is -0.139. The second-order valence-electron chi connectivity index (χ2n) is 7.14. The summed E-state index contributed by atoms with van der Waals surface area (Å²) in [5, 5.41) is 11.5. The number of rotatable bonds is 8. The highest BCUT2D eigenvalue weighted by atomic mass is 16.5. The molecule has 1 saturated heterocycles. The van der Waals surface area contributed by atoms with Gasteiger partial charge in [0.25, 0.3) is 5.91 Å². The van der Waals surface area contributed by atoms with Crippen LogP contribution < -0.4 is 15.0 Å². The van der Waals surface area contributed by atoms with Crippen molar-refractivity contribution in [3.8, 4) is 5.75 Å². The Hall–Kier alpha value is -3.09. The molecule has 2 heterocycles. The molecule has 0 bridgehead atoms. The van der Waals surface area contributed by atoms with Gasteiger partial charge in [-0.1, -0.05) is 25.0 Å². The lowest BCUT2D eigenvalue weighted by atomic mass is 10.1. The molecule has 0 aliphatic carbocycles. The maximum Gasteiger partial charge on any atom is 0.341 e. The van der Waals surface area contributed by atoms with Gasteiger partial charge in [-0.15, -0.1) is 0 Å². The van der Waals surface area contributed by atoms with Crippen molar-refractivity contribution in [1.29, 1.82) is 0 Å². The molecule has 29 heavy (non-hydrogen) atoms. The van der Waals surface area contributed by atoms with Crippen LogP contribution in [0, 0.1) is 0 Å². The molecule has 1 aromatic carbocycles. The number of carbonyl (C=O) groups is 2. The van der Waals surface area contributed by atoms with E-state index in [0.717, 1.165) is 24.5 Å². The fourth-order valence-corrected chi connectivity index (χ4v) is 3.33. The summed E-state index contributed by atoms with van der Waals surface area (Å²) >= 11 is 0. The molecule has 0 saturated carbocycles. The maximum absolute atomic E-state index is 12.3. The van der Waals surface area contributed by atoms with E-state index in [1.165, 1.54) is 25.7 Å². The SMILES string of the molecule is O=C(O)COc1ccc(CCNC(=O)c2ccc(N3CCCCCC3)nc2)cc1. The standard InChI is InChI=1S/C22H27N3O4/c26-21(27)16-29-19-8-5-17(6-9-19)11-12-23-22(28)18-7-10-20(24-15-18)25-13-3-1-2-4-14-25/h5-10,15H,1-4,11-14,16H2,(H,23,28)(H,26,27). The monoisotopic (exact) mass is 397 g/mol. The molecule has 7 heteroatoms. The number of pyridine rings is 1. The molecule has 1 aliphatic rings. The molecule has 1 amide bonds. The Balaban J connectivity index is 1.45. The van der Waals surface area contributed by atoms with Gasteiger partial charge >= 0.3 is 5.97 Å². The number of aliphatic carboxylic acids is 1. The van der Waals surface area contributed by atoms with Gasteiger partial charge in [-0.25, -0.2) is 9.78 Å². The highest BCUT2D eigenvalue weighted by Gasteiger charge is 2.12. The number of carboxylic acids is 1. The summed E-state index contributed by atoms with van der Waals surface area (Å²) < 4.78 is 5.10. The van der Waals surface area contributed by atoms with Gasteiger partial charge in [-0.3, -0.25) is 4.79 Å². The number of nitrogens with zero attached hydrogens (tertiary/aromatic N) is 2. The van der Waals surface area contributed by atoms with E-state index >= 15 is 0 Å². The third-order valence-corrected chi connectivity index (χ3v) is 4.93. The number of ether oxygens (including phenoxy) is 1. The topological polar surface area (TPSA) is 91.8 Å². The number of anilines is 1. The molecule has 0 radical (unpaired) electrons. The molecule has 0 atom stereocenters. The van der Waals surface area contributed by atoms with Gasteiger partial charge in [-0.2, -0.15) is 0 Å². The first-order valence-electron chi connectivity index (χ1n) is 10.0. The second kappa shape index (κ2) is 10.5. The highest BCUT2D eigenvalue weighted by Crippen LogP contribution is 2.17. The van der Waals surface area contributed by atoms with Crippen molar-refractivity contribution in [2.24, 2.45) is 0 Å². The zero-order chi connectivity index (χ0) is 20.5. The minimum absolute atomic E-state index is 0.138. The summed E-state index contributed by atoms with van der Waals surface area (Å²) in [6.45, 7) is 2.19. The van der Waals surface area contributed by atoms with E-state index in [-0.39, 0.29) is 12.5 Å². The van der Waals surface area contributed by atoms with E-state index in [1.807, 2.05) is 24.3 Å². The molecular formula is C22H27N3O4. The second-order valence-corrected chi connectivity index (χ2v) is 7.14. The van der Waals surface area contributed by atoms with E-state index in [0.29, 0.717) is 24.3 Å². The van der Waals surface area contributed by atoms with Gasteiger partial charge in [0.05, 0.1) is 5.56 Å². The van der Waals surface area contributed by atoms with Crippen LogP contribution in [0.4, 0.5) is 5.82 Å². The predicted octanol–water partition coefficient (Wildman–Crippen LogP) is 2.90. The maximum atomic E-state index is 12.3. The minimum Gasteiger partial charge on any atom is -0.482 e. The van der Waals surface area contributed by atoms with Crippen molar-refractivity contribution in [3.63, 3.8) is 0 Å². The number of carboxylic acid groups (broad SMARTS) is 1. The summed E-state index contributed by atoms with van der Waals surface area (Å²) in [6.07, 6.45) is 7.24. The van der Waals surface area contributed by atoms with Crippen molar-refractivity contribution in [1.82, 2.24) is 10.3 Å². The van der Waals surface area contributed by atoms with E-state index < -0.39 is 5.97 Å². The lowest BCUT2D eigenvalue weighted by Gasteiger charge is -2.21. The van der Waals surface area contributed by atoms with Crippen LogP contribution in [0.15, 0.2) is 42.6 Å². The first kappa shape index (κ1) is 20.6. The Bertz CT molecular complexity index is 798. The third kappa shape index (κ3) is 6.48. The molecule has 1 aromatic heterocycles. The van der Waals surface area contributed by atoms with Gasteiger partial charge in [0, 0.05) is 25.8 Å². The Morgan fingerprint density at radius 3 is 2.38 bits per heavy atom. The average Bonchev–Trinajstić information content (AvgIpc) is 3.03. The van der Waals surface area contributed by atoms with E-state index in [4.69, 9.17) is 9.84 Å². The quantitative estimate of drug-likeness (QED) is 0.712. The Labute approximate surface area is 170 Å². The summed E-state index contributed by atoms with van der Waals surface area (Å²) in [4.78, 5) is 29.6. The number of nitrogens with one attached hydrogen (secondary N) is 1. The Kier molecular flexibility index (Phi) is 7.44. The number of hydrogen-bond donors (Lipinski definition) is 2. The number of hydrogen-bond acceptors (Lipinski definition) is 5. The van der Waals surface area contributed by atoms with Crippen molar-refractivity contribution in [3.05, 3.63) is 53.7 Å². The fraction of sp³-hybridized carbons (Fsp3) is 0.409. The third-order valence-electron chi connectivity index (χ3n) is 4.93. The summed E-state index contributed by atoms with van der Waals surface area (Å²) in [5.41, 5.74) is 1.59. The molecular weight excluding hydrogens is 370 g/mol. The summed E-state index contributed by atoms with van der Waals surface area (Å²) in [7, 11) is 0. The molecule has 0 spiro atoms. The van der Waals surface area contributed by atoms with E-state index in [2.05, 4.69) is 15.2 Å². The van der Waals surface area contributed by atoms with Gasteiger partial charge in [0.2, 0.25) is 0 Å². The molecule has 3 rings (SSSR count). The van der Waals surface area contributed by atoms with Crippen LogP contribution in [0.1, 0.15) is 41.6 Å². The molecule has 154 valence electrons. The molecule has 0 unspecified atom stereocenters. The lowest BCUT2D eigenvalue weighted by Crippen LogP contribution is -2.27. The van der Waals surface area contributed by atoms with Crippen LogP contribution in [0.5, 0.6) is 5.75 Å². The van der Waals surface area contributed by atoms with Crippen LogP contribution in [0.3, 0.4) is 0 Å². The Morgan fingerprint density at radius 2 is 1.76 bits per heavy atom. The van der Waals surface area contributed by atoms with Gasteiger partial charge in [0.15, 0.2) is 6.61 Å². The molecule has 1 fully saturated rings. The van der Waals surface area contributed by atoms with Gasteiger partial charge < -0.3 is 20.1 Å². The van der Waals surface area contributed by atoms with Crippen LogP contribution in [-0.2, 0) is 11.2 Å². The number of aromatic nitrogens is 1. The van der Waals surface area contributed by atoms with Crippen LogP contribution in [0.25, 0.3) is 0 Å². The summed E-state index contributed by atoms with van der Waals surface area (Å²) in [6, 6.07) is 10.9.